The summed E-state index contributed by atoms with van der Waals surface area (Å²) in [5.74, 6) is -0.738. The second-order valence-electron chi connectivity index (χ2n) is 6.42. The Hall–Kier alpha value is -1.89. The predicted molar refractivity (Wildman–Crippen MR) is 84.3 cm³/mol. The van der Waals surface area contributed by atoms with Crippen molar-refractivity contribution in [3.05, 3.63) is 28.0 Å². The van der Waals surface area contributed by atoms with E-state index >= 15 is 0 Å². The molecule has 0 radical (unpaired) electrons. The first-order chi connectivity index (χ1) is 11.1. The first-order valence-electron chi connectivity index (χ1n) is 8.44. The lowest BCUT2D eigenvalue weighted by atomic mass is 9.88. The van der Waals surface area contributed by atoms with Crippen molar-refractivity contribution in [1.82, 2.24) is 10.2 Å². The Morgan fingerprint density at radius 1 is 1.17 bits per heavy atom. The van der Waals surface area contributed by atoms with Gasteiger partial charge in [-0.25, -0.2) is 0 Å². The van der Waals surface area contributed by atoms with Gasteiger partial charge in [-0.1, -0.05) is 19.3 Å². The summed E-state index contributed by atoms with van der Waals surface area (Å²) in [6.45, 7) is 2.20. The van der Waals surface area contributed by atoms with Gasteiger partial charge in [0.25, 0.3) is 5.91 Å². The summed E-state index contributed by atoms with van der Waals surface area (Å²) in [6.07, 6.45) is 8.09. The standard InChI is InChI=1S/C16H23N3O4/c20-16(14-8-9-15(23-14)19(21)22)17-12-6-2-3-7-13(12)18-10-4-1-5-11-18/h8-9,12-13H,1-7,10-11H2,(H,17,20). The molecule has 23 heavy (non-hydrogen) atoms. The SMILES string of the molecule is O=C(NC1CCCCC1N1CCCCC1)c1ccc([N+](=O)[O-])o1. The lowest BCUT2D eigenvalue weighted by molar-refractivity contribution is -0.402. The second kappa shape index (κ2) is 7.12. The van der Waals surface area contributed by atoms with Crippen LogP contribution in [0.4, 0.5) is 5.88 Å². The summed E-state index contributed by atoms with van der Waals surface area (Å²) in [4.78, 5) is 24.9. The van der Waals surface area contributed by atoms with Crippen molar-refractivity contribution in [3.8, 4) is 0 Å². The zero-order valence-electron chi connectivity index (χ0n) is 13.2. The minimum Gasteiger partial charge on any atom is -0.395 e. The van der Waals surface area contributed by atoms with Crippen LogP contribution in [0.2, 0.25) is 0 Å². The number of rotatable bonds is 4. The summed E-state index contributed by atoms with van der Waals surface area (Å²) in [5.41, 5.74) is 0. The third kappa shape index (κ3) is 3.72. The topological polar surface area (TPSA) is 88.6 Å². The molecule has 2 aliphatic rings. The van der Waals surface area contributed by atoms with E-state index in [1.54, 1.807) is 0 Å². The second-order valence-corrected chi connectivity index (χ2v) is 6.42. The Morgan fingerprint density at radius 3 is 2.61 bits per heavy atom. The highest BCUT2D eigenvalue weighted by Gasteiger charge is 2.32. The monoisotopic (exact) mass is 321 g/mol. The molecule has 0 bridgehead atoms. The largest absolute Gasteiger partial charge is 0.433 e. The van der Waals surface area contributed by atoms with Crippen LogP contribution < -0.4 is 5.32 Å². The van der Waals surface area contributed by atoms with Crippen molar-refractivity contribution < 1.29 is 14.1 Å². The summed E-state index contributed by atoms with van der Waals surface area (Å²) >= 11 is 0. The van der Waals surface area contributed by atoms with E-state index < -0.39 is 10.8 Å². The number of amides is 1. The van der Waals surface area contributed by atoms with Crippen LogP contribution in [-0.4, -0.2) is 40.9 Å². The van der Waals surface area contributed by atoms with Gasteiger partial charge >= 0.3 is 5.88 Å². The van der Waals surface area contributed by atoms with Crippen LogP contribution in [0.5, 0.6) is 0 Å². The van der Waals surface area contributed by atoms with Crippen molar-refractivity contribution in [3.63, 3.8) is 0 Å². The molecule has 2 unspecified atom stereocenters. The highest BCUT2D eigenvalue weighted by atomic mass is 16.6. The third-order valence-corrected chi connectivity index (χ3v) is 4.90. The molecule has 0 spiro atoms. The lowest BCUT2D eigenvalue weighted by Gasteiger charge is -2.41. The molecule has 1 saturated carbocycles. The Bertz CT molecular complexity index is 565. The molecule has 7 heteroatoms. The van der Waals surface area contributed by atoms with E-state index in [0.29, 0.717) is 6.04 Å². The lowest BCUT2D eigenvalue weighted by Crippen LogP contribution is -2.54. The van der Waals surface area contributed by atoms with E-state index in [1.165, 1.54) is 37.8 Å². The molecule has 1 aromatic rings. The Kier molecular flexibility index (Phi) is 4.95. The number of nitro groups is 1. The van der Waals surface area contributed by atoms with Crippen molar-refractivity contribution in [1.29, 1.82) is 0 Å². The number of furan rings is 1. The summed E-state index contributed by atoms with van der Waals surface area (Å²) in [7, 11) is 0. The van der Waals surface area contributed by atoms with Gasteiger partial charge in [0.2, 0.25) is 0 Å². The van der Waals surface area contributed by atoms with Crippen molar-refractivity contribution in [2.45, 2.75) is 57.0 Å². The molecule has 2 heterocycles. The minimum atomic E-state index is -0.631. The van der Waals surface area contributed by atoms with Gasteiger partial charge in [0.15, 0.2) is 5.76 Å². The van der Waals surface area contributed by atoms with Crippen LogP contribution in [0.15, 0.2) is 16.5 Å². The first-order valence-corrected chi connectivity index (χ1v) is 8.44. The van der Waals surface area contributed by atoms with E-state index in [9.17, 15) is 14.9 Å². The molecule has 1 saturated heterocycles. The minimum absolute atomic E-state index is 0.0136. The number of nitrogens with one attached hydrogen (secondary N) is 1. The maximum atomic E-state index is 12.3. The molecule has 2 fully saturated rings. The zero-order valence-corrected chi connectivity index (χ0v) is 13.2. The zero-order chi connectivity index (χ0) is 16.2. The summed E-state index contributed by atoms with van der Waals surface area (Å²) < 4.78 is 5.00. The van der Waals surface area contributed by atoms with Crippen LogP contribution in [0.25, 0.3) is 0 Å². The molecule has 3 rings (SSSR count). The molecule has 2 atom stereocenters. The molecule has 0 aromatic carbocycles. The van der Waals surface area contributed by atoms with E-state index in [1.807, 2.05) is 0 Å². The number of likely N-dealkylation sites (tertiary alicyclic amines) is 1. The first kappa shape index (κ1) is 16.0. The van der Waals surface area contributed by atoms with Gasteiger partial charge in [-0.3, -0.25) is 19.8 Å². The number of piperidine rings is 1. The number of nitrogens with zero attached hydrogens (tertiary/aromatic N) is 2. The van der Waals surface area contributed by atoms with Crippen molar-refractivity contribution >= 4 is 11.8 Å². The maximum absolute atomic E-state index is 12.3. The van der Waals surface area contributed by atoms with Crippen LogP contribution in [0.1, 0.15) is 55.5 Å². The number of carbonyl (C=O) groups is 1. The quantitative estimate of drug-likeness (QED) is 0.680. The van der Waals surface area contributed by atoms with Gasteiger partial charge in [0.1, 0.15) is 4.92 Å². The molecular weight excluding hydrogens is 298 g/mol. The number of hydrogen-bond donors (Lipinski definition) is 1. The van der Waals surface area contributed by atoms with Crippen LogP contribution >= 0.6 is 0 Å². The van der Waals surface area contributed by atoms with Crippen LogP contribution in [-0.2, 0) is 0 Å². The Balaban J connectivity index is 1.65. The summed E-state index contributed by atoms with van der Waals surface area (Å²) in [6, 6.07) is 3.06. The molecule has 1 aromatic heterocycles. The maximum Gasteiger partial charge on any atom is 0.433 e. The van der Waals surface area contributed by atoms with E-state index in [-0.39, 0.29) is 17.7 Å². The normalized spacial score (nSPS) is 25.9. The molecular formula is C16H23N3O4. The predicted octanol–water partition coefficient (Wildman–Crippen LogP) is 2.71. The molecule has 7 nitrogen and oxygen atoms in total. The Labute approximate surface area is 135 Å². The highest BCUT2D eigenvalue weighted by molar-refractivity contribution is 5.91. The number of hydrogen-bond acceptors (Lipinski definition) is 5. The fourth-order valence-electron chi connectivity index (χ4n) is 3.75. The Morgan fingerprint density at radius 2 is 1.91 bits per heavy atom. The molecule has 126 valence electrons. The fourth-order valence-corrected chi connectivity index (χ4v) is 3.75. The van der Waals surface area contributed by atoms with Crippen LogP contribution in [0.3, 0.4) is 0 Å². The van der Waals surface area contributed by atoms with E-state index in [4.69, 9.17) is 4.42 Å². The van der Waals surface area contributed by atoms with Crippen molar-refractivity contribution in [2.75, 3.05) is 13.1 Å². The fraction of sp³-hybridized carbons (Fsp3) is 0.688. The van der Waals surface area contributed by atoms with Gasteiger partial charge in [-0.15, -0.1) is 0 Å². The molecule has 1 N–H and O–H groups in total. The van der Waals surface area contributed by atoms with E-state index in [0.717, 1.165) is 32.4 Å². The highest BCUT2D eigenvalue weighted by Crippen LogP contribution is 2.26. The summed E-state index contributed by atoms with van der Waals surface area (Å²) in [5, 5.41) is 13.7. The van der Waals surface area contributed by atoms with Crippen LogP contribution in [0, 0.1) is 10.1 Å². The van der Waals surface area contributed by atoms with Gasteiger partial charge in [-0.05, 0) is 44.8 Å². The molecule has 1 aliphatic carbocycles. The van der Waals surface area contributed by atoms with Gasteiger partial charge in [-0.2, -0.15) is 0 Å². The van der Waals surface area contributed by atoms with Gasteiger partial charge in [0.05, 0.1) is 6.07 Å². The van der Waals surface area contributed by atoms with Crippen molar-refractivity contribution in [2.24, 2.45) is 0 Å². The van der Waals surface area contributed by atoms with Gasteiger partial charge in [0, 0.05) is 12.1 Å². The molecule has 1 amide bonds. The average Bonchev–Trinajstić information content (AvgIpc) is 3.07. The smallest absolute Gasteiger partial charge is 0.395 e. The number of carbonyl (C=O) groups excluding carboxylic acids is 1. The average molecular weight is 321 g/mol. The molecule has 1 aliphatic heterocycles. The van der Waals surface area contributed by atoms with Gasteiger partial charge < -0.3 is 9.73 Å². The van der Waals surface area contributed by atoms with E-state index in [2.05, 4.69) is 10.2 Å². The third-order valence-electron chi connectivity index (χ3n) is 4.90.